The van der Waals surface area contributed by atoms with Crippen LogP contribution in [0.3, 0.4) is 0 Å². The molecule has 0 spiro atoms. The van der Waals surface area contributed by atoms with E-state index in [9.17, 15) is 14.5 Å². The Hall–Kier alpha value is -3.05. The minimum absolute atomic E-state index is 0.144. The summed E-state index contributed by atoms with van der Waals surface area (Å²) in [6.07, 6.45) is 1.34. The number of hydrogen-bond donors (Lipinski definition) is 0. The first kappa shape index (κ1) is 22.6. The van der Waals surface area contributed by atoms with Gasteiger partial charge in [-0.2, -0.15) is 0 Å². The van der Waals surface area contributed by atoms with Crippen LogP contribution in [0.15, 0.2) is 30.6 Å². The Morgan fingerprint density at radius 1 is 1.06 bits per heavy atom. The van der Waals surface area contributed by atoms with E-state index in [0.717, 1.165) is 0 Å². The summed E-state index contributed by atoms with van der Waals surface area (Å²) >= 11 is 0. The molecule has 2 aromatic rings. The molecule has 11 heteroatoms. The quantitative estimate of drug-likeness (QED) is 0.410. The van der Waals surface area contributed by atoms with Crippen molar-refractivity contribution in [3.63, 3.8) is 0 Å². The fourth-order valence-electron chi connectivity index (χ4n) is 3.58. The van der Waals surface area contributed by atoms with E-state index in [1.54, 1.807) is 37.3 Å². The van der Waals surface area contributed by atoms with Gasteiger partial charge in [-0.15, -0.1) is 0 Å². The monoisotopic (exact) mass is 434 g/mol. The number of halogens is 1. The number of benzene rings is 1. The highest BCUT2D eigenvalue weighted by Crippen LogP contribution is 2.35. The number of anilines is 3. The van der Waals surface area contributed by atoms with Gasteiger partial charge in [0.15, 0.2) is 0 Å². The average Bonchev–Trinajstić information content (AvgIpc) is 2.79. The van der Waals surface area contributed by atoms with Gasteiger partial charge in [-0.05, 0) is 12.1 Å². The number of aromatic nitrogens is 2. The lowest BCUT2D eigenvalue weighted by Crippen LogP contribution is -2.47. The number of ether oxygens (including phenoxy) is 2. The zero-order valence-corrected chi connectivity index (χ0v) is 17.7. The molecule has 0 N–H and O–H groups in total. The number of para-hydroxylation sites is 1. The van der Waals surface area contributed by atoms with Gasteiger partial charge in [0.05, 0.1) is 23.8 Å². The van der Waals surface area contributed by atoms with Gasteiger partial charge in [-0.25, -0.2) is 14.4 Å². The van der Waals surface area contributed by atoms with Crippen LogP contribution in [-0.4, -0.2) is 81.6 Å². The van der Waals surface area contributed by atoms with Crippen LogP contribution in [0.5, 0.6) is 0 Å². The summed E-state index contributed by atoms with van der Waals surface area (Å²) in [5.41, 5.74) is 0.388. The predicted octanol–water partition coefficient (Wildman–Crippen LogP) is 1.95. The molecule has 168 valence electrons. The normalized spacial score (nSPS) is 14.0. The van der Waals surface area contributed by atoms with Gasteiger partial charge >= 0.3 is 5.69 Å². The third-order valence-electron chi connectivity index (χ3n) is 5.17. The standard InChI is InChI=1S/C20H27FN6O4/c1-30-13-11-26(12-14-31-2)20-18(27(28)29)19(22-15-23-20)25-9-7-24(8-10-25)17-6-4-3-5-16(17)21/h3-6,15H,7-14H2,1-2H3. The van der Waals surface area contributed by atoms with Gasteiger partial charge in [0.2, 0.25) is 11.6 Å². The van der Waals surface area contributed by atoms with Crippen LogP contribution in [0.25, 0.3) is 0 Å². The summed E-state index contributed by atoms with van der Waals surface area (Å²) < 4.78 is 24.4. The number of nitro groups is 1. The lowest BCUT2D eigenvalue weighted by Gasteiger charge is -2.36. The van der Waals surface area contributed by atoms with Crippen LogP contribution in [0.1, 0.15) is 0 Å². The van der Waals surface area contributed by atoms with Crippen molar-refractivity contribution >= 4 is 23.0 Å². The minimum atomic E-state index is -0.444. The molecule has 0 aliphatic carbocycles. The average molecular weight is 434 g/mol. The summed E-state index contributed by atoms with van der Waals surface area (Å²) in [7, 11) is 3.15. The largest absolute Gasteiger partial charge is 0.383 e. The first-order chi connectivity index (χ1) is 15.1. The third-order valence-corrected chi connectivity index (χ3v) is 5.17. The fraction of sp³-hybridized carbons (Fsp3) is 0.500. The smallest absolute Gasteiger partial charge is 0.353 e. The van der Waals surface area contributed by atoms with E-state index in [2.05, 4.69) is 9.97 Å². The maximum absolute atomic E-state index is 14.1. The number of rotatable bonds is 10. The number of nitrogens with zero attached hydrogens (tertiary/aromatic N) is 6. The summed E-state index contributed by atoms with van der Waals surface area (Å²) in [5, 5.41) is 12.0. The maximum Gasteiger partial charge on any atom is 0.353 e. The summed E-state index contributed by atoms with van der Waals surface area (Å²) in [6.45, 7) is 3.63. The second kappa shape index (κ2) is 10.8. The lowest BCUT2D eigenvalue weighted by molar-refractivity contribution is -0.383. The van der Waals surface area contributed by atoms with Gasteiger partial charge in [-0.1, -0.05) is 12.1 Å². The van der Waals surface area contributed by atoms with E-state index in [0.29, 0.717) is 58.2 Å². The second-order valence-electron chi connectivity index (χ2n) is 7.02. The summed E-state index contributed by atoms with van der Waals surface area (Å²) in [4.78, 5) is 25.6. The molecule has 1 aromatic heterocycles. The molecule has 1 fully saturated rings. The molecule has 1 aliphatic rings. The molecule has 0 saturated carbocycles. The third kappa shape index (κ3) is 5.36. The molecule has 0 unspecified atom stereocenters. The fourth-order valence-corrected chi connectivity index (χ4v) is 3.58. The van der Waals surface area contributed by atoms with Gasteiger partial charge < -0.3 is 24.2 Å². The Morgan fingerprint density at radius 3 is 2.26 bits per heavy atom. The lowest BCUT2D eigenvalue weighted by atomic mass is 10.2. The van der Waals surface area contributed by atoms with Crippen LogP contribution in [0, 0.1) is 15.9 Å². The van der Waals surface area contributed by atoms with E-state index in [4.69, 9.17) is 9.47 Å². The Balaban J connectivity index is 1.84. The Kier molecular flexibility index (Phi) is 7.90. The van der Waals surface area contributed by atoms with Gasteiger partial charge in [0.1, 0.15) is 12.1 Å². The van der Waals surface area contributed by atoms with Crippen molar-refractivity contribution in [1.29, 1.82) is 0 Å². The van der Waals surface area contributed by atoms with Crippen molar-refractivity contribution in [2.24, 2.45) is 0 Å². The zero-order chi connectivity index (χ0) is 22.2. The van der Waals surface area contributed by atoms with Crippen molar-refractivity contribution in [1.82, 2.24) is 9.97 Å². The van der Waals surface area contributed by atoms with Crippen molar-refractivity contribution < 1.29 is 18.8 Å². The molecular formula is C20H27FN6O4. The van der Waals surface area contributed by atoms with Gasteiger partial charge in [0.25, 0.3) is 0 Å². The topological polar surface area (TPSA) is 97.1 Å². The van der Waals surface area contributed by atoms with E-state index >= 15 is 0 Å². The van der Waals surface area contributed by atoms with Crippen LogP contribution >= 0.6 is 0 Å². The predicted molar refractivity (Wildman–Crippen MR) is 115 cm³/mol. The van der Waals surface area contributed by atoms with Crippen molar-refractivity contribution in [3.8, 4) is 0 Å². The molecule has 0 atom stereocenters. The molecule has 0 amide bonds. The minimum Gasteiger partial charge on any atom is -0.383 e. The highest BCUT2D eigenvalue weighted by molar-refractivity contribution is 5.71. The van der Waals surface area contributed by atoms with Crippen LogP contribution in [0.4, 0.5) is 27.4 Å². The van der Waals surface area contributed by atoms with Gasteiger partial charge in [0, 0.05) is 53.5 Å². The molecule has 3 rings (SSSR count). The summed E-state index contributed by atoms with van der Waals surface area (Å²) in [5.74, 6) is 0.224. The van der Waals surface area contributed by atoms with Crippen molar-refractivity contribution in [2.75, 3.05) is 81.4 Å². The molecule has 2 heterocycles. The number of hydrogen-bond acceptors (Lipinski definition) is 9. The molecule has 0 radical (unpaired) electrons. The Bertz CT molecular complexity index is 870. The van der Waals surface area contributed by atoms with Crippen molar-refractivity contribution in [2.45, 2.75) is 0 Å². The summed E-state index contributed by atoms with van der Waals surface area (Å²) in [6, 6.07) is 6.61. The molecule has 31 heavy (non-hydrogen) atoms. The van der Waals surface area contributed by atoms with Gasteiger partial charge in [-0.3, -0.25) is 10.1 Å². The maximum atomic E-state index is 14.1. The Morgan fingerprint density at radius 2 is 1.68 bits per heavy atom. The molecule has 1 aliphatic heterocycles. The van der Waals surface area contributed by atoms with Crippen LogP contribution in [-0.2, 0) is 9.47 Å². The van der Waals surface area contributed by atoms with E-state index in [1.165, 1.54) is 12.4 Å². The SMILES string of the molecule is COCCN(CCOC)c1ncnc(N2CCN(c3ccccc3F)CC2)c1[N+](=O)[O-]. The molecule has 10 nitrogen and oxygen atoms in total. The molecule has 1 saturated heterocycles. The number of methoxy groups -OCH3 is 2. The molecule has 1 aromatic carbocycles. The van der Waals surface area contributed by atoms with E-state index in [-0.39, 0.29) is 23.1 Å². The van der Waals surface area contributed by atoms with Crippen LogP contribution < -0.4 is 14.7 Å². The number of piperazine rings is 1. The molecular weight excluding hydrogens is 407 g/mol. The van der Waals surface area contributed by atoms with E-state index < -0.39 is 4.92 Å². The first-order valence-corrected chi connectivity index (χ1v) is 10.0. The first-order valence-electron chi connectivity index (χ1n) is 10.0. The molecule has 0 bridgehead atoms. The zero-order valence-electron chi connectivity index (χ0n) is 17.7. The highest BCUT2D eigenvalue weighted by Gasteiger charge is 2.31. The Labute approximate surface area is 180 Å². The van der Waals surface area contributed by atoms with Crippen LogP contribution in [0.2, 0.25) is 0 Å². The second-order valence-corrected chi connectivity index (χ2v) is 7.02. The highest BCUT2D eigenvalue weighted by atomic mass is 19.1. The van der Waals surface area contributed by atoms with Crippen molar-refractivity contribution in [3.05, 3.63) is 46.5 Å². The van der Waals surface area contributed by atoms with E-state index in [1.807, 2.05) is 9.80 Å².